The molecule has 24 heavy (non-hydrogen) atoms. The van der Waals surface area contributed by atoms with Crippen LogP contribution in [0.2, 0.25) is 0 Å². The van der Waals surface area contributed by atoms with Gasteiger partial charge in [-0.15, -0.1) is 0 Å². The van der Waals surface area contributed by atoms with E-state index in [0.29, 0.717) is 25.4 Å². The Labute approximate surface area is 141 Å². The zero-order valence-corrected chi connectivity index (χ0v) is 14.3. The second kappa shape index (κ2) is 6.78. The summed E-state index contributed by atoms with van der Waals surface area (Å²) in [5.74, 6) is 0.696. The monoisotopic (exact) mass is 348 g/mol. The van der Waals surface area contributed by atoms with E-state index in [-0.39, 0.29) is 4.90 Å². The molecule has 1 fully saturated rings. The molecule has 6 nitrogen and oxygen atoms in total. The summed E-state index contributed by atoms with van der Waals surface area (Å²) in [5, 5.41) is 0. The Hall–Kier alpha value is -2.12. The van der Waals surface area contributed by atoms with E-state index in [1.807, 2.05) is 24.3 Å². The van der Waals surface area contributed by atoms with Gasteiger partial charge in [-0.25, -0.2) is 8.42 Å². The Morgan fingerprint density at radius 3 is 2.58 bits per heavy atom. The standard InChI is InChI=1S/C17H20N2O4S/c1-23-15-7-4-6-14(12-15)13-18-9-5-8-16(17(18)20)24(21,22)19-10-2-3-11-19/h4-9,12H,2-3,10-11,13H2,1H3. The van der Waals surface area contributed by atoms with E-state index < -0.39 is 15.6 Å². The van der Waals surface area contributed by atoms with E-state index in [9.17, 15) is 13.2 Å². The van der Waals surface area contributed by atoms with Gasteiger partial charge in [0.15, 0.2) is 0 Å². The van der Waals surface area contributed by atoms with Gasteiger partial charge in [0, 0.05) is 19.3 Å². The molecule has 0 unspecified atom stereocenters. The molecule has 0 N–H and O–H groups in total. The summed E-state index contributed by atoms with van der Waals surface area (Å²) in [6.45, 7) is 1.25. The molecule has 0 saturated carbocycles. The zero-order chi connectivity index (χ0) is 17.2. The smallest absolute Gasteiger partial charge is 0.271 e. The van der Waals surface area contributed by atoms with Gasteiger partial charge in [-0.1, -0.05) is 12.1 Å². The molecule has 2 aromatic rings. The number of ether oxygens (including phenoxy) is 1. The first-order valence-electron chi connectivity index (χ1n) is 7.85. The Bertz CT molecular complexity index is 883. The molecule has 7 heteroatoms. The lowest BCUT2D eigenvalue weighted by molar-refractivity contribution is 0.414. The Morgan fingerprint density at radius 2 is 1.88 bits per heavy atom. The molecule has 0 radical (unpaired) electrons. The number of methoxy groups -OCH3 is 1. The summed E-state index contributed by atoms with van der Waals surface area (Å²) in [7, 11) is -2.14. The van der Waals surface area contributed by atoms with Gasteiger partial charge in [0.2, 0.25) is 10.0 Å². The number of aromatic nitrogens is 1. The molecule has 1 aromatic carbocycles. The normalized spacial score (nSPS) is 15.5. The van der Waals surface area contributed by atoms with E-state index in [2.05, 4.69) is 0 Å². The highest BCUT2D eigenvalue weighted by Crippen LogP contribution is 2.18. The average Bonchev–Trinajstić information content (AvgIpc) is 3.12. The van der Waals surface area contributed by atoms with Crippen LogP contribution in [0.15, 0.2) is 52.3 Å². The van der Waals surface area contributed by atoms with Gasteiger partial charge in [0.25, 0.3) is 5.56 Å². The van der Waals surface area contributed by atoms with Crippen LogP contribution in [0.4, 0.5) is 0 Å². The summed E-state index contributed by atoms with van der Waals surface area (Å²) in [5.41, 5.74) is 0.374. The van der Waals surface area contributed by atoms with Gasteiger partial charge in [0.1, 0.15) is 10.6 Å². The Morgan fingerprint density at radius 1 is 1.12 bits per heavy atom. The van der Waals surface area contributed by atoms with E-state index in [4.69, 9.17) is 4.74 Å². The molecule has 128 valence electrons. The molecular weight excluding hydrogens is 328 g/mol. The molecule has 0 bridgehead atoms. The van der Waals surface area contributed by atoms with Crippen molar-refractivity contribution in [1.82, 2.24) is 8.87 Å². The van der Waals surface area contributed by atoms with Crippen LogP contribution in [0.3, 0.4) is 0 Å². The number of benzene rings is 1. The molecule has 3 rings (SSSR count). The molecule has 2 heterocycles. The fraction of sp³-hybridized carbons (Fsp3) is 0.353. The first-order valence-corrected chi connectivity index (χ1v) is 9.29. The lowest BCUT2D eigenvalue weighted by Crippen LogP contribution is -2.34. The van der Waals surface area contributed by atoms with Crippen LogP contribution in [0, 0.1) is 0 Å². The minimum atomic E-state index is -3.72. The lowest BCUT2D eigenvalue weighted by Gasteiger charge is -2.16. The minimum absolute atomic E-state index is 0.158. The largest absolute Gasteiger partial charge is 0.497 e. The van der Waals surface area contributed by atoms with Crippen LogP contribution < -0.4 is 10.3 Å². The maximum Gasteiger partial charge on any atom is 0.271 e. The summed E-state index contributed by atoms with van der Waals surface area (Å²) < 4.78 is 33.3. The SMILES string of the molecule is COc1cccc(Cn2cccc(S(=O)(=O)N3CCCC3)c2=O)c1. The van der Waals surface area contributed by atoms with Crippen molar-refractivity contribution in [1.29, 1.82) is 0 Å². The fourth-order valence-electron chi connectivity index (χ4n) is 2.87. The topological polar surface area (TPSA) is 68.6 Å². The van der Waals surface area contributed by atoms with Crippen LogP contribution >= 0.6 is 0 Å². The van der Waals surface area contributed by atoms with E-state index in [0.717, 1.165) is 18.4 Å². The van der Waals surface area contributed by atoms with Gasteiger partial charge < -0.3 is 9.30 Å². The number of pyridine rings is 1. The van der Waals surface area contributed by atoms with Crippen LogP contribution in [0.25, 0.3) is 0 Å². The van der Waals surface area contributed by atoms with Gasteiger partial charge in [-0.2, -0.15) is 4.31 Å². The molecular formula is C17H20N2O4S. The van der Waals surface area contributed by atoms with E-state index >= 15 is 0 Å². The third-order valence-corrected chi connectivity index (χ3v) is 6.07. The fourth-order valence-corrected chi connectivity index (χ4v) is 4.48. The van der Waals surface area contributed by atoms with Crippen molar-refractivity contribution in [2.75, 3.05) is 20.2 Å². The van der Waals surface area contributed by atoms with Gasteiger partial charge in [-0.3, -0.25) is 4.79 Å². The van der Waals surface area contributed by atoms with Crippen molar-refractivity contribution in [3.05, 3.63) is 58.5 Å². The summed E-state index contributed by atoms with van der Waals surface area (Å²) >= 11 is 0. The zero-order valence-electron chi connectivity index (χ0n) is 13.5. The Kier molecular flexibility index (Phi) is 4.73. The van der Waals surface area contributed by atoms with Crippen molar-refractivity contribution < 1.29 is 13.2 Å². The van der Waals surface area contributed by atoms with Crippen LogP contribution in [0.1, 0.15) is 18.4 Å². The molecule has 1 aliphatic rings. The van der Waals surface area contributed by atoms with Crippen molar-refractivity contribution in [3.8, 4) is 5.75 Å². The molecule has 0 atom stereocenters. The van der Waals surface area contributed by atoms with Crippen molar-refractivity contribution in [2.45, 2.75) is 24.3 Å². The molecule has 1 aromatic heterocycles. The number of nitrogens with zero attached hydrogens (tertiary/aromatic N) is 2. The van der Waals surface area contributed by atoms with Crippen molar-refractivity contribution >= 4 is 10.0 Å². The number of rotatable bonds is 5. The van der Waals surface area contributed by atoms with Crippen LogP contribution in [-0.4, -0.2) is 37.5 Å². The highest BCUT2D eigenvalue weighted by molar-refractivity contribution is 7.89. The second-order valence-electron chi connectivity index (χ2n) is 5.77. The highest BCUT2D eigenvalue weighted by Gasteiger charge is 2.29. The number of sulfonamides is 1. The molecule has 0 spiro atoms. The Balaban J connectivity index is 1.95. The van der Waals surface area contributed by atoms with E-state index in [1.165, 1.54) is 14.9 Å². The average molecular weight is 348 g/mol. The predicted octanol–water partition coefficient (Wildman–Crippen LogP) is 1.69. The summed E-state index contributed by atoms with van der Waals surface area (Å²) in [6, 6.07) is 10.3. The molecule has 0 aliphatic carbocycles. The first-order chi connectivity index (χ1) is 11.5. The van der Waals surface area contributed by atoms with Gasteiger partial charge in [-0.05, 0) is 42.7 Å². The third-order valence-electron chi connectivity index (χ3n) is 4.16. The van der Waals surface area contributed by atoms with Crippen LogP contribution in [0.5, 0.6) is 5.75 Å². The molecule has 0 amide bonds. The quantitative estimate of drug-likeness (QED) is 0.825. The number of hydrogen-bond acceptors (Lipinski definition) is 4. The predicted molar refractivity (Wildman–Crippen MR) is 90.8 cm³/mol. The van der Waals surface area contributed by atoms with Gasteiger partial charge >= 0.3 is 0 Å². The summed E-state index contributed by atoms with van der Waals surface area (Å²) in [6.07, 6.45) is 3.28. The second-order valence-corrected chi connectivity index (χ2v) is 7.67. The molecule has 1 saturated heterocycles. The first kappa shape index (κ1) is 16.7. The number of hydrogen-bond donors (Lipinski definition) is 0. The molecule has 1 aliphatic heterocycles. The third kappa shape index (κ3) is 3.22. The van der Waals surface area contributed by atoms with Crippen LogP contribution in [-0.2, 0) is 16.6 Å². The van der Waals surface area contributed by atoms with Crippen molar-refractivity contribution in [3.63, 3.8) is 0 Å². The maximum absolute atomic E-state index is 12.7. The van der Waals surface area contributed by atoms with Gasteiger partial charge in [0.05, 0.1) is 13.7 Å². The lowest BCUT2D eigenvalue weighted by atomic mass is 10.2. The maximum atomic E-state index is 12.7. The highest BCUT2D eigenvalue weighted by atomic mass is 32.2. The van der Waals surface area contributed by atoms with Crippen molar-refractivity contribution in [2.24, 2.45) is 0 Å². The summed E-state index contributed by atoms with van der Waals surface area (Å²) in [4.78, 5) is 12.5. The minimum Gasteiger partial charge on any atom is -0.497 e. The van der Waals surface area contributed by atoms with E-state index in [1.54, 1.807) is 19.4 Å².